The van der Waals surface area contributed by atoms with E-state index < -0.39 is 0 Å². The zero-order valence-corrected chi connectivity index (χ0v) is 21.9. The second-order valence-corrected chi connectivity index (χ2v) is 8.98. The fourth-order valence-electron chi connectivity index (χ4n) is 3.80. The summed E-state index contributed by atoms with van der Waals surface area (Å²) in [5, 5.41) is 1.96. The van der Waals surface area contributed by atoms with Crippen molar-refractivity contribution >= 4 is 73.0 Å². The molecular formula is C26H24IN2O4S+. The largest absolute Gasteiger partial charge is 0.422 e. The molecule has 4 aromatic rings. The molecule has 0 aliphatic carbocycles. The lowest BCUT2D eigenvalue weighted by atomic mass is 10.1. The lowest BCUT2D eigenvalue weighted by Gasteiger charge is -2.22. The number of aryl methyl sites for hydroxylation is 1. The first-order valence-corrected chi connectivity index (χ1v) is 12.9. The van der Waals surface area contributed by atoms with Gasteiger partial charge in [0.2, 0.25) is 5.52 Å². The van der Waals surface area contributed by atoms with E-state index in [0.717, 1.165) is 29.2 Å². The summed E-state index contributed by atoms with van der Waals surface area (Å²) in [6, 6.07) is 16.1. The monoisotopic (exact) mass is 587 g/mol. The summed E-state index contributed by atoms with van der Waals surface area (Å²) in [4.78, 5) is 24.6. The van der Waals surface area contributed by atoms with Crippen LogP contribution in [0.3, 0.4) is 0 Å². The maximum atomic E-state index is 12.7. The Balaban J connectivity index is 1.57. The molecule has 0 bridgehead atoms. The van der Waals surface area contributed by atoms with Gasteiger partial charge in [0.1, 0.15) is 23.4 Å². The second-order valence-electron chi connectivity index (χ2n) is 7.38. The van der Waals surface area contributed by atoms with Crippen LogP contribution in [0, 0.1) is 10.0 Å². The molecule has 0 saturated carbocycles. The van der Waals surface area contributed by atoms with Gasteiger partial charge in [-0.05, 0) is 44.2 Å². The van der Waals surface area contributed by atoms with E-state index in [2.05, 4.69) is 45.5 Å². The minimum Gasteiger partial charge on any atom is -0.422 e. The van der Waals surface area contributed by atoms with Gasteiger partial charge in [0, 0.05) is 68.9 Å². The van der Waals surface area contributed by atoms with Crippen LogP contribution in [0.4, 0.5) is 5.69 Å². The third kappa shape index (κ3) is 5.43. The second kappa shape index (κ2) is 11.5. The topological polar surface area (TPSA) is 55.8 Å². The van der Waals surface area contributed by atoms with Gasteiger partial charge in [-0.15, -0.1) is 0 Å². The number of anilines is 1. The predicted molar refractivity (Wildman–Crippen MR) is 146 cm³/mol. The van der Waals surface area contributed by atoms with Crippen LogP contribution in [0.15, 0.2) is 57.7 Å². The molecule has 0 fully saturated rings. The molecule has 4 rings (SSSR count). The molecule has 6 nitrogen and oxygen atoms in total. The van der Waals surface area contributed by atoms with Gasteiger partial charge in [-0.2, -0.15) is 9.45 Å². The molecule has 0 amide bonds. The summed E-state index contributed by atoms with van der Waals surface area (Å²) in [6.07, 6.45) is 6.22. The minimum atomic E-state index is -0.359. The minimum absolute atomic E-state index is 0.359. The fraction of sp³-hybridized carbons (Fsp3) is 0.231. The van der Waals surface area contributed by atoms with Gasteiger partial charge in [-0.25, -0.2) is 4.79 Å². The highest BCUT2D eigenvalue weighted by molar-refractivity contribution is 14.1. The highest BCUT2D eigenvalue weighted by atomic mass is 127. The molecule has 2 aromatic heterocycles. The molecule has 0 atom stereocenters. The number of hydrogen-bond donors (Lipinski definition) is 0. The smallest absolute Gasteiger partial charge is 0.343 e. The maximum absolute atomic E-state index is 12.7. The molecule has 0 radical (unpaired) electrons. The van der Waals surface area contributed by atoms with Crippen LogP contribution in [0.5, 0.6) is 0 Å². The quantitative estimate of drug-likeness (QED) is 0.0485. The highest BCUT2D eigenvalue weighted by Crippen LogP contribution is 2.24. The van der Waals surface area contributed by atoms with E-state index in [1.54, 1.807) is 11.3 Å². The van der Waals surface area contributed by atoms with Crippen molar-refractivity contribution in [1.82, 2.24) is 0 Å². The lowest BCUT2D eigenvalue weighted by Crippen LogP contribution is -2.33. The number of halogens is 1. The highest BCUT2D eigenvalue weighted by Gasteiger charge is 2.16. The Labute approximate surface area is 215 Å². The van der Waals surface area contributed by atoms with Crippen molar-refractivity contribution in [1.29, 1.82) is 0 Å². The van der Waals surface area contributed by atoms with E-state index in [9.17, 15) is 4.79 Å². The Morgan fingerprint density at radius 3 is 2.82 bits per heavy atom. The van der Waals surface area contributed by atoms with Gasteiger partial charge in [0.05, 0.1) is 5.56 Å². The summed E-state index contributed by atoms with van der Waals surface area (Å²) >= 11 is 3.59. The first-order valence-electron chi connectivity index (χ1n) is 11.0. The van der Waals surface area contributed by atoms with E-state index in [1.165, 1.54) is 10.2 Å². The standard InChI is InChI=1S/C26H24IN2O4S/c1-3-28(14-16-32-31-15-13-27)21-11-9-19-17-20(26(30)33-23(19)18-21)10-12-25-29(4-2)22-7-5-6-8-24(22)34-25/h5-12,17-18H,3-4,14,16H2,1-2H3/q+1. The maximum Gasteiger partial charge on any atom is 0.343 e. The van der Waals surface area contributed by atoms with Crippen LogP contribution in [0.2, 0.25) is 0 Å². The van der Waals surface area contributed by atoms with Gasteiger partial charge < -0.3 is 9.32 Å². The van der Waals surface area contributed by atoms with Gasteiger partial charge in [-0.3, -0.25) is 4.89 Å². The number of likely N-dealkylation sites (N-methyl/N-ethyl adjacent to an activating group) is 1. The van der Waals surface area contributed by atoms with Gasteiger partial charge in [-0.1, -0.05) is 23.5 Å². The molecule has 0 N–H and O–H groups in total. The van der Waals surface area contributed by atoms with Gasteiger partial charge >= 0.3 is 5.63 Å². The van der Waals surface area contributed by atoms with Crippen LogP contribution in [-0.4, -0.2) is 19.7 Å². The molecule has 0 spiro atoms. The van der Waals surface area contributed by atoms with E-state index in [0.29, 0.717) is 24.3 Å². The molecule has 8 heteroatoms. The van der Waals surface area contributed by atoms with Crippen LogP contribution in [0.25, 0.3) is 33.3 Å². The summed E-state index contributed by atoms with van der Waals surface area (Å²) in [6.45, 7) is 6.77. The summed E-state index contributed by atoms with van der Waals surface area (Å²) in [5.41, 5.74) is 2.86. The first kappa shape index (κ1) is 24.3. The van der Waals surface area contributed by atoms with E-state index >= 15 is 0 Å². The van der Waals surface area contributed by atoms with Crippen molar-refractivity contribution in [2.45, 2.75) is 20.4 Å². The Bertz CT molecular complexity index is 1450. The molecule has 0 aliphatic rings. The number of benzene rings is 2. The molecular weight excluding hydrogens is 563 g/mol. The third-order valence-corrected chi connectivity index (χ3v) is 6.79. The fourth-order valence-corrected chi connectivity index (χ4v) is 5.02. The molecule has 2 aromatic carbocycles. The van der Waals surface area contributed by atoms with Gasteiger partial charge in [0.15, 0.2) is 6.11 Å². The molecule has 0 unspecified atom stereocenters. The number of nitrogens with zero attached hydrogens (tertiary/aromatic N) is 2. The SMILES string of the molecule is CCN(CCOOC#CI)c1ccc2cc(C=Cc3sc4ccccc4[n+]3CC)c(=O)oc2c1. The number of thiazole rings is 1. The molecule has 2 heterocycles. The van der Waals surface area contributed by atoms with Crippen LogP contribution in [-0.2, 0) is 16.3 Å². The number of para-hydroxylation sites is 1. The number of hydrogen-bond acceptors (Lipinski definition) is 6. The van der Waals surface area contributed by atoms with Crippen molar-refractivity contribution in [3.8, 4) is 10.0 Å². The van der Waals surface area contributed by atoms with Crippen LogP contribution < -0.4 is 15.1 Å². The van der Waals surface area contributed by atoms with Crippen molar-refractivity contribution in [2.24, 2.45) is 0 Å². The third-order valence-electron chi connectivity index (χ3n) is 5.44. The first-order chi connectivity index (χ1) is 16.6. The van der Waals surface area contributed by atoms with Crippen LogP contribution in [0.1, 0.15) is 24.4 Å². The Hall–Kier alpha value is -2.87. The Morgan fingerprint density at radius 2 is 2.03 bits per heavy atom. The number of fused-ring (bicyclic) bond motifs is 2. The lowest BCUT2D eigenvalue weighted by molar-refractivity contribution is -0.665. The van der Waals surface area contributed by atoms with Crippen molar-refractivity contribution in [3.05, 3.63) is 69.5 Å². The molecule has 0 saturated heterocycles. The van der Waals surface area contributed by atoms with Crippen molar-refractivity contribution in [2.75, 3.05) is 24.6 Å². The average molecular weight is 587 g/mol. The zero-order valence-electron chi connectivity index (χ0n) is 18.9. The molecule has 174 valence electrons. The van der Waals surface area contributed by atoms with Gasteiger partial charge in [0.25, 0.3) is 5.01 Å². The molecule has 34 heavy (non-hydrogen) atoms. The summed E-state index contributed by atoms with van der Waals surface area (Å²) < 4.78 is 11.7. The normalized spacial score (nSPS) is 11.1. The zero-order chi connectivity index (χ0) is 23.9. The van der Waals surface area contributed by atoms with Crippen molar-refractivity contribution < 1.29 is 18.8 Å². The van der Waals surface area contributed by atoms with Crippen molar-refractivity contribution in [3.63, 3.8) is 0 Å². The van der Waals surface area contributed by atoms with Crippen LogP contribution >= 0.6 is 33.9 Å². The predicted octanol–water partition coefficient (Wildman–Crippen LogP) is 5.61. The molecule has 0 aliphatic heterocycles. The van der Waals surface area contributed by atoms with E-state index in [4.69, 9.17) is 14.2 Å². The summed E-state index contributed by atoms with van der Waals surface area (Å²) in [5.74, 6) is 0. The number of rotatable bonds is 9. The Morgan fingerprint density at radius 1 is 1.18 bits per heavy atom. The number of aromatic nitrogens is 1. The Kier molecular flexibility index (Phi) is 8.21. The van der Waals surface area contributed by atoms with E-state index in [1.807, 2.05) is 71.1 Å². The van der Waals surface area contributed by atoms with E-state index in [-0.39, 0.29) is 5.63 Å². The average Bonchev–Trinajstić information content (AvgIpc) is 3.22. The summed E-state index contributed by atoms with van der Waals surface area (Å²) in [7, 11) is 0.